The third-order valence-electron chi connectivity index (χ3n) is 2.68. The van der Waals surface area contributed by atoms with Gasteiger partial charge in [-0.25, -0.2) is 0 Å². The first-order valence-electron chi connectivity index (χ1n) is 6.26. The van der Waals surface area contributed by atoms with E-state index in [4.69, 9.17) is 0 Å². The zero-order valence-electron chi connectivity index (χ0n) is 11.1. The summed E-state index contributed by atoms with van der Waals surface area (Å²) in [6, 6.07) is 3.43. The second-order valence-corrected chi connectivity index (χ2v) is 5.45. The zero-order valence-corrected chi connectivity index (χ0v) is 12.0. The van der Waals surface area contributed by atoms with Gasteiger partial charge in [-0.1, -0.05) is 18.3 Å². The number of carbonyl (C=O) groups excluding carboxylic acids is 1. The molecule has 0 aromatic carbocycles. The Kier molecular flexibility index (Phi) is 6.44. The van der Waals surface area contributed by atoms with Gasteiger partial charge >= 0.3 is 5.00 Å². The fourth-order valence-corrected chi connectivity index (χ4v) is 2.21. The standard InChI is InChI=1S/C12H19N3O3S/c1-3-9(2)14-11(16)6-7-13-8-10-4-5-12(19-10)15(17)18/h4-5,9,13H,3,6-8H2,1-2H3,(H,14,16). The lowest BCUT2D eigenvalue weighted by Crippen LogP contribution is -2.33. The normalized spacial score (nSPS) is 12.1. The molecule has 0 spiro atoms. The first kappa shape index (κ1) is 15.6. The lowest BCUT2D eigenvalue weighted by atomic mass is 10.2. The highest BCUT2D eigenvalue weighted by molar-refractivity contribution is 7.15. The van der Waals surface area contributed by atoms with Crippen molar-refractivity contribution >= 4 is 22.2 Å². The van der Waals surface area contributed by atoms with Gasteiger partial charge in [-0.15, -0.1) is 0 Å². The molecule has 0 aliphatic rings. The predicted octanol–water partition coefficient (Wildman–Crippen LogP) is 2.05. The van der Waals surface area contributed by atoms with Gasteiger partial charge in [-0.05, 0) is 19.4 Å². The van der Waals surface area contributed by atoms with E-state index in [1.165, 1.54) is 6.07 Å². The van der Waals surface area contributed by atoms with Gasteiger partial charge in [0.25, 0.3) is 0 Å². The van der Waals surface area contributed by atoms with Crippen LogP contribution < -0.4 is 10.6 Å². The van der Waals surface area contributed by atoms with Crippen molar-refractivity contribution in [3.8, 4) is 0 Å². The molecule has 0 saturated heterocycles. The Labute approximate surface area is 116 Å². The van der Waals surface area contributed by atoms with Crippen LogP contribution in [0.15, 0.2) is 12.1 Å². The summed E-state index contributed by atoms with van der Waals surface area (Å²) < 4.78 is 0. The summed E-state index contributed by atoms with van der Waals surface area (Å²) in [5.41, 5.74) is 0. The molecule has 1 aromatic heterocycles. The first-order valence-corrected chi connectivity index (χ1v) is 7.07. The van der Waals surface area contributed by atoms with Gasteiger partial charge in [0.15, 0.2) is 0 Å². The smallest absolute Gasteiger partial charge is 0.324 e. The molecule has 106 valence electrons. The second-order valence-electron chi connectivity index (χ2n) is 4.30. The lowest BCUT2D eigenvalue weighted by molar-refractivity contribution is -0.380. The van der Waals surface area contributed by atoms with Gasteiger partial charge in [-0.2, -0.15) is 0 Å². The number of thiophene rings is 1. The van der Waals surface area contributed by atoms with Crippen LogP contribution in [-0.2, 0) is 11.3 Å². The van der Waals surface area contributed by atoms with Crippen LogP contribution in [0.1, 0.15) is 31.6 Å². The van der Waals surface area contributed by atoms with E-state index >= 15 is 0 Å². The van der Waals surface area contributed by atoms with Crippen LogP contribution in [0.3, 0.4) is 0 Å². The van der Waals surface area contributed by atoms with Crippen molar-refractivity contribution in [2.45, 2.75) is 39.3 Å². The highest BCUT2D eigenvalue weighted by atomic mass is 32.1. The minimum absolute atomic E-state index is 0.0269. The van der Waals surface area contributed by atoms with Crippen molar-refractivity contribution in [1.82, 2.24) is 10.6 Å². The highest BCUT2D eigenvalue weighted by Gasteiger charge is 2.09. The van der Waals surface area contributed by atoms with Crippen LogP contribution in [-0.4, -0.2) is 23.4 Å². The van der Waals surface area contributed by atoms with Crippen LogP contribution in [0.2, 0.25) is 0 Å². The van der Waals surface area contributed by atoms with E-state index in [0.29, 0.717) is 19.5 Å². The molecule has 2 N–H and O–H groups in total. The van der Waals surface area contributed by atoms with Gasteiger partial charge in [0, 0.05) is 36.5 Å². The van der Waals surface area contributed by atoms with Crippen LogP contribution in [0.25, 0.3) is 0 Å². The maximum absolute atomic E-state index is 11.5. The van der Waals surface area contributed by atoms with Crippen molar-refractivity contribution in [3.05, 3.63) is 27.1 Å². The summed E-state index contributed by atoms with van der Waals surface area (Å²) in [6.45, 7) is 5.10. The largest absolute Gasteiger partial charge is 0.354 e. The molecule has 1 aromatic rings. The van der Waals surface area contributed by atoms with E-state index in [-0.39, 0.29) is 17.0 Å². The van der Waals surface area contributed by atoms with Crippen LogP contribution >= 0.6 is 11.3 Å². The number of hydrogen-bond donors (Lipinski definition) is 2. The Bertz CT molecular complexity index is 434. The van der Waals surface area contributed by atoms with E-state index in [0.717, 1.165) is 22.6 Å². The van der Waals surface area contributed by atoms with E-state index in [9.17, 15) is 14.9 Å². The molecule has 0 aliphatic heterocycles. The number of nitrogens with zero attached hydrogens (tertiary/aromatic N) is 1. The van der Waals surface area contributed by atoms with Crippen LogP contribution in [0.5, 0.6) is 0 Å². The molecular weight excluding hydrogens is 266 g/mol. The number of hydrogen-bond acceptors (Lipinski definition) is 5. The fraction of sp³-hybridized carbons (Fsp3) is 0.583. The minimum atomic E-state index is -0.395. The van der Waals surface area contributed by atoms with Crippen molar-refractivity contribution in [2.75, 3.05) is 6.54 Å². The van der Waals surface area contributed by atoms with Gasteiger partial charge in [0.1, 0.15) is 0 Å². The van der Waals surface area contributed by atoms with Gasteiger partial charge in [-0.3, -0.25) is 14.9 Å². The molecule has 0 radical (unpaired) electrons. The van der Waals surface area contributed by atoms with Crippen LogP contribution in [0, 0.1) is 10.1 Å². The van der Waals surface area contributed by atoms with E-state index in [2.05, 4.69) is 10.6 Å². The summed E-state index contributed by atoms with van der Waals surface area (Å²) >= 11 is 1.15. The van der Waals surface area contributed by atoms with Crippen molar-refractivity contribution in [3.63, 3.8) is 0 Å². The summed E-state index contributed by atoms with van der Waals surface area (Å²) in [6.07, 6.45) is 1.33. The van der Waals surface area contributed by atoms with Crippen molar-refractivity contribution < 1.29 is 9.72 Å². The molecule has 1 heterocycles. The first-order chi connectivity index (χ1) is 9.02. The Hall–Kier alpha value is -1.47. The second kappa shape index (κ2) is 7.85. The topological polar surface area (TPSA) is 84.3 Å². The molecule has 1 rings (SSSR count). The predicted molar refractivity (Wildman–Crippen MR) is 75.2 cm³/mol. The molecule has 0 aliphatic carbocycles. The number of amides is 1. The number of nitro groups is 1. The molecule has 1 unspecified atom stereocenters. The summed E-state index contributed by atoms with van der Waals surface area (Å²) in [5, 5.41) is 16.6. The molecule has 0 bridgehead atoms. The van der Waals surface area contributed by atoms with Gasteiger partial charge in [0.05, 0.1) is 4.92 Å². The molecule has 7 heteroatoms. The van der Waals surface area contributed by atoms with Crippen molar-refractivity contribution in [2.24, 2.45) is 0 Å². The monoisotopic (exact) mass is 285 g/mol. The SMILES string of the molecule is CCC(C)NC(=O)CCNCc1ccc([N+](=O)[O-])s1. The quantitative estimate of drug-likeness (QED) is 0.435. The molecule has 0 saturated carbocycles. The van der Waals surface area contributed by atoms with Gasteiger partial charge in [0.2, 0.25) is 5.91 Å². The fourth-order valence-electron chi connectivity index (χ4n) is 1.42. The third-order valence-corrected chi connectivity index (χ3v) is 3.71. The number of nitrogens with one attached hydrogen (secondary N) is 2. The van der Waals surface area contributed by atoms with Crippen LogP contribution in [0.4, 0.5) is 5.00 Å². The molecule has 1 amide bonds. The minimum Gasteiger partial charge on any atom is -0.354 e. The summed E-state index contributed by atoms with van der Waals surface area (Å²) in [7, 11) is 0. The zero-order chi connectivity index (χ0) is 14.3. The Balaban J connectivity index is 2.19. The third kappa shape index (κ3) is 5.80. The Morgan fingerprint density at radius 1 is 1.53 bits per heavy atom. The molecule has 1 atom stereocenters. The highest BCUT2D eigenvalue weighted by Crippen LogP contribution is 2.23. The Morgan fingerprint density at radius 2 is 2.26 bits per heavy atom. The molecule has 19 heavy (non-hydrogen) atoms. The van der Waals surface area contributed by atoms with Crippen molar-refractivity contribution in [1.29, 1.82) is 0 Å². The average molecular weight is 285 g/mol. The summed E-state index contributed by atoms with van der Waals surface area (Å²) in [5.74, 6) is 0.0269. The number of rotatable bonds is 8. The van der Waals surface area contributed by atoms with E-state index < -0.39 is 4.92 Å². The molecule has 0 fully saturated rings. The number of carbonyl (C=O) groups is 1. The maximum Gasteiger partial charge on any atom is 0.324 e. The van der Waals surface area contributed by atoms with E-state index in [1.807, 2.05) is 13.8 Å². The lowest BCUT2D eigenvalue weighted by Gasteiger charge is -2.11. The molecule has 6 nitrogen and oxygen atoms in total. The summed E-state index contributed by atoms with van der Waals surface area (Å²) in [4.78, 5) is 22.5. The molecular formula is C12H19N3O3S. The maximum atomic E-state index is 11.5. The average Bonchev–Trinajstić information content (AvgIpc) is 2.83. The Morgan fingerprint density at radius 3 is 2.84 bits per heavy atom. The van der Waals surface area contributed by atoms with E-state index in [1.54, 1.807) is 6.07 Å². The van der Waals surface area contributed by atoms with Gasteiger partial charge < -0.3 is 10.6 Å².